The van der Waals surface area contributed by atoms with Gasteiger partial charge in [-0.3, -0.25) is 9.59 Å². The summed E-state index contributed by atoms with van der Waals surface area (Å²) < 4.78 is 7.49. The fraction of sp³-hybridized carbons (Fsp3) is 0.722. The van der Waals surface area contributed by atoms with E-state index in [4.69, 9.17) is 4.74 Å². The van der Waals surface area contributed by atoms with E-state index in [-0.39, 0.29) is 17.9 Å². The fourth-order valence-electron chi connectivity index (χ4n) is 3.64. The minimum absolute atomic E-state index is 0.0752. The van der Waals surface area contributed by atoms with Crippen LogP contribution in [0.15, 0.2) is 0 Å². The summed E-state index contributed by atoms with van der Waals surface area (Å²) in [6.45, 7) is 7.21. The lowest BCUT2D eigenvalue weighted by Crippen LogP contribution is -2.34. The van der Waals surface area contributed by atoms with Gasteiger partial charge in [-0.15, -0.1) is 0 Å². The van der Waals surface area contributed by atoms with Crippen LogP contribution in [0.2, 0.25) is 0 Å². The molecular formula is C18H28N4O3. The molecule has 1 fully saturated rings. The van der Waals surface area contributed by atoms with Crippen molar-refractivity contribution in [2.75, 3.05) is 26.2 Å². The summed E-state index contributed by atoms with van der Waals surface area (Å²) in [6.07, 6.45) is 4.95. The SMILES string of the molecule is CCN(CC)C(=O)c1nc(C(=O)NCC2CCCO2)n2c1CCCC2. The Kier molecular flexibility index (Phi) is 5.73. The number of nitrogens with zero attached hydrogens (tertiary/aromatic N) is 3. The van der Waals surface area contributed by atoms with Gasteiger partial charge in [-0.2, -0.15) is 0 Å². The summed E-state index contributed by atoms with van der Waals surface area (Å²) in [7, 11) is 0. The van der Waals surface area contributed by atoms with E-state index >= 15 is 0 Å². The molecule has 0 aliphatic carbocycles. The Hall–Kier alpha value is -1.89. The molecule has 3 rings (SSSR count). The van der Waals surface area contributed by atoms with Gasteiger partial charge in [0.15, 0.2) is 5.82 Å². The number of hydrogen-bond acceptors (Lipinski definition) is 4. The van der Waals surface area contributed by atoms with Crippen molar-refractivity contribution in [1.29, 1.82) is 0 Å². The zero-order valence-electron chi connectivity index (χ0n) is 15.2. The van der Waals surface area contributed by atoms with Gasteiger partial charge in [0.25, 0.3) is 11.8 Å². The van der Waals surface area contributed by atoms with Gasteiger partial charge in [-0.1, -0.05) is 0 Å². The number of nitrogens with one attached hydrogen (secondary N) is 1. The van der Waals surface area contributed by atoms with E-state index in [2.05, 4.69) is 10.3 Å². The number of amides is 2. The second-order valence-electron chi connectivity index (χ2n) is 6.66. The van der Waals surface area contributed by atoms with Crippen LogP contribution in [0, 0.1) is 0 Å². The smallest absolute Gasteiger partial charge is 0.287 e. The zero-order valence-corrected chi connectivity index (χ0v) is 15.2. The highest BCUT2D eigenvalue weighted by atomic mass is 16.5. The van der Waals surface area contributed by atoms with Gasteiger partial charge in [0.05, 0.1) is 11.8 Å². The number of fused-ring (bicyclic) bond motifs is 1. The molecule has 0 saturated carbocycles. The molecule has 1 aromatic heterocycles. The average Bonchev–Trinajstić information content (AvgIpc) is 3.28. The third kappa shape index (κ3) is 3.71. The van der Waals surface area contributed by atoms with Gasteiger partial charge in [0, 0.05) is 32.8 Å². The third-order valence-corrected chi connectivity index (χ3v) is 5.09. The van der Waals surface area contributed by atoms with E-state index in [0.29, 0.717) is 31.2 Å². The topological polar surface area (TPSA) is 76.5 Å². The van der Waals surface area contributed by atoms with E-state index in [1.165, 1.54) is 0 Å². The van der Waals surface area contributed by atoms with Crippen LogP contribution in [0.4, 0.5) is 0 Å². The molecule has 2 amide bonds. The normalized spacial score (nSPS) is 19.5. The molecule has 138 valence electrons. The van der Waals surface area contributed by atoms with Crippen LogP contribution in [-0.4, -0.2) is 58.6 Å². The molecule has 1 aromatic rings. The van der Waals surface area contributed by atoms with Crippen LogP contribution in [0.1, 0.15) is 66.3 Å². The first-order chi connectivity index (χ1) is 12.2. The lowest BCUT2D eigenvalue weighted by atomic mass is 10.1. The number of rotatable bonds is 6. The quantitative estimate of drug-likeness (QED) is 0.847. The van der Waals surface area contributed by atoms with E-state index < -0.39 is 0 Å². The summed E-state index contributed by atoms with van der Waals surface area (Å²) in [5.41, 5.74) is 1.36. The van der Waals surface area contributed by atoms with E-state index in [9.17, 15) is 9.59 Å². The molecule has 0 spiro atoms. The standard InChI is InChI=1S/C18H28N4O3/c1-3-21(4-2)18(24)15-14-9-5-6-10-22(14)16(20-15)17(23)19-12-13-8-7-11-25-13/h13H,3-12H2,1-2H3,(H,19,23). The van der Waals surface area contributed by atoms with Gasteiger partial charge in [-0.05, 0) is 46.0 Å². The fourth-order valence-corrected chi connectivity index (χ4v) is 3.64. The predicted octanol–water partition coefficient (Wildman–Crippen LogP) is 1.61. The Labute approximate surface area is 148 Å². The molecule has 25 heavy (non-hydrogen) atoms. The molecule has 1 atom stereocenters. The lowest BCUT2D eigenvalue weighted by molar-refractivity contribution is 0.0766. The Morgan fingerprint density at radius 2 is 2.08 bits per heavy atom. The number of carbonyl (C=O) groups excluding carboxylic acids is 2. The number of hydrogen-bond donors (Lipinski definition) is 1. The maximum absolute atomic E-state index is 12.8. The van der Waals surface area contributed by atoms with Crippen molar-refractivity contribution in [2.45, 2.75) is 58.6 Å². The second-order valence-corrected chi connectivity index (χ2v) is 6.66. The maximum Gasteiger partial charge on any atom is 0.287 e. The molecule has 2 aliphatic rings. The first-order valence-corrected chi connectivity index (χ1v) is 9.44. The highest BCUT2D eigenvalue weighted by molar-refractivity contribution is 5.97. The van der Waals surface area contributed by atoms with Crippen molar-refractivity contribution in [3.63, 3.8) is 0 Å². The predicted molar refractivity (Wildman–Crippen MR) is 93.7 cm³/mol. The number of carbonyl (C=O) groups is 2. The summed E-state index contributed by atoms with van der Waals surface area (Å²) in [6, 6.07) is 0. The lowest BCUT2D eigenvalue weighted by Gasteiger charge is -2.20. The molecule has 2 aliphatic heterocycles. The van der Waals surface area contributed by atoms with Crippen molar-refractivity contribution in [3.8, 4) is 0 Å². The summed E-state index contributed by atoms with van der Waals surface area (Å²) >= 11 is 0. The third-order valence-electron chi connectivity index (χ3n) is 5.09. The van der Waals surface area contributed by atoms with Crippen molar-refractivity contribution in [2.24, 2.45) is 0 Å². The minimum atomic E-state index is -0.211. The zero-order chi connectivity index (χ0) is 17.8. The van der Waals surface area contributed by atoms with Crippen LogP contribution < -0.4 is 5.32 Å². The van der Waals surface area contributed by atoms with E-state index in [0.717, 1.165) is 50.9 Å². The maximum atomic E-state index is 12.8. The Balaban J connectivity index is 1.81. The summed E-state index contributed by atoms with van der Waals surface area (Å²) in [4.78, 5) is 31.7. The van der Waals surface area contributed by atoms with Gasteiger partial charge in [0.1, 0.15) is 5.69 Å². The monoisotopic (exact) mass is 348 g/mol. The van der Waals surface area contributed by atoms with Crippen LogP contribution in [0.5, 0.6) is 0 Å². The number of aromatic nitrogens is 2. The van der Waals surface area contributed by atoms with E-state index in [1.54, 1.807) is 4.90 Å². The van der Waals surface area contributed by atoms with Crippen LogP contribution in [0.25, 0.3) is 0 Å². The highest BCUT2D eigenvalue weighted by Gasteiger charge is 2.29. The molecule has 7 heteroatoms. The first kappa shape index (κ1) is 17.9. The number of ether oxygens (including phenoxy) is 1. The van der Waals surface area contributed by atoms with Gasteiger partial charge in [0.2, 0.25) is 0 Å². The largest absolute Gasteiger partial charge is 0.376 e. The van der Waals surface area contributed by atoms with Crippen molar-refractivity contribution in [1.82, 2.24) is 19.8 Å². The van der Waals surface area contributed by atoms with Crippen molar-refractivity contribution >= 4 is 11.8 Å². The van der Waals surface area contributed by atoms with Crippen molar-refractivity contribution < 1.29 is 14.3 Å². The summed E-state index contributed by atoms with van der Waals surface area (Å²) in [5.74, 6) is 0.0780. The highest BCUT2D eigenvalue weighted by Crippen LogP contribution is 2.22. The van der Waals surface area contributed by atoms with Crippen LogP contribution in [0.3, 0.4) is 0 Å². The molecule has 1 unspecified atom stereocenters. The molecule has 7 nitrogen and oxygen atoms in total. The Morgan fingerprint density at radius 3 is 2.76 bits per heavy atom. The number of imidazole rings is 1. The van der Waals surface area contributed by atoms with Gasteiger partial charge >= 0.3 is 0 Å². The Bertz CT molecular complexity index is 631. The van der Waals surface area contributed by atoms with Crippen molar-refractivity contribution in [3.05, 3.63) is 17.2 Å². The molecule has 3 heterocycles. The van der Waals surface area contributed by atoms with Crippen LogP contribution in [-0.2, 0) is 17.7 Å². The van der Waals surface area contributed by atoms with Crippen LogP contribution >= 0.6 is 0 Å². The molecule has 1 N–H and O–H groups in total. The van der Waals surface area contributed by atoms with E-state index in [1.807, 2.05) is 18.4 Å². The second kappa shape index (κ2) is 7.99. The first-order valence-electron chi connectivity index (χ1n) is 9.44. The average molecular weight is 348 g/mol. The minimum Gasteiger partial charge on any atom is -0.376 e. The van der Waals surface area contributed by atoms with Gasteiger partial charge < -0.3 is 19.5 Å². The molecule has 0 radical (unpaired) electrons. The molecule has 1 saturated heterocycles. The summed E-state index contributed by atoms with van der Waals surface area (Å²) in [5, 5.41) is 2.93. The molecular weight excluding hydrogens is 320 g/mol. The molecule has 0 bridgehead atoms. The Morgan fingerprint density at radius 1 is 1.28 bits per heavy atom. The molecule has 0 aromatic carbocycles. The van der Waals surface area contributed by atoms with Gasteiger partial charge in [-0.25, -0.2) is 4.98 Å².